The third-order valence-corrected chi connectivity index (χ3v) is 5.27. The predicted octanol–water partition coefficient (Wildman–Crippen LogP) is 7.40. The molecule has 0 radical (unpaired) electrons. The summed E-state index contributed by atoms with van der Waals surface area (Å²) in [7, 11) is 0. The smallest absolute Gasteiger partial charge is 0.416 e. The van der Waals surface area contributed by atoms with Gasteiger partial charge in [0.15, 0.2) is 21.9 Å². The molecule has 0 unspecified atom stereocenters. The number of ether oxygens (including phenoxy) is 1. The van der Waals surface area contributed by atoms with Crippen LogP contribution >= 0.6 is 38.9 Å². The number of hydrogen-bond donors (Lipinski definition) is 1. The van der Waals surface area contributed by atoms with Crippen molar-refractivity contribution in [1.29, 1.82) is 0 Å². The molecule has 154 valence electrons. The zero-order valence-electron chi connectivity index (χ0n) is 13.9. The molecule has 0 saturated carbocycles. The number of benzene rings is 2. The van der Waals surface area contributed by atoms with E-state index in [1.807, 2.05) is 0 Å². The first-order chi connectivity index (χ1) is 13.5. The number of halogens is 8. The van der Waals surface area contributed by atoms with E-state index >= 15 is 0 Å². The van der Waals surface area contributed by atoms with Crippen LogP contribution in [0.15, 0.2) is 34.9 Å². The van der Waals surface area contributed by atoms with Crippen molar-refractivity contribution in [3.8, 4) is 11.5 Å². The van der Waals surface area contributed by atoms with Crippen molar-refractivity contribution in [2.45, 2.75) is 12.7 Å². The van der Waals surface area contributed by atoms with Crippen molar-refractivity contribution < 1.29 is 31.1 Å². The Morgan fingerprint density at radius 3 is 2.28 bits per heavy atom. The molecule has 1 heterocycles. The summed E-state index contributed by atoms with van der Waals surface area (Å²) in [6.45, 7) is 0.218. The maximum absolute atomic E-state index is 14.3. The zero-order chi connectivity index (χ0) is 21.3. The quantitative estimate of drug-likeness (QED) is 0.358. The highest BCUT2D eigenvalue weighted by Crippen LogP contribution is 2.38. The molecule has 0 aliphatic rings. The topological polar surface area (TPSA) is 34.1 Å². The van der Waals surface area contributed by atoms with Crippen LogP contribution in [-0.4, -0.2) is 4.98 Å². The molecule has 0 fully saturated rings. The fourth-order valence-corrected chi connectivity index (χ4v) is 3.56. The Kier molecular flexibility index (Phi) is 6.30. The summed E-state index contributed by atoms with van der Waals surface area (Å²) >= 11 is 9.99. The van der Waals surface area contributed by atoms with Gasteiger partial charge >= 0.3 is 6.18 Å². The van der Waals surface area contributed by atoms with Crippen molar-refractivity contribution in [1.82, 2.24) is 4.98 Å². The molecule has 0 amide bonds. The van der Waals surface area contributed by atoms with Gasteiger partial charge in [0.1, 0.15) is 11.6 Å². The number of anilines is 1. The van der Waals surface area contributed by atoms with Crippen molar-refractivity contribution >= 4 is 44.6 Å². The molecule has 0 atom stereocenters. The fraction of sp³-hybridized carbons (Fsp3) is 0.118. The van der Waals surface area contributed by atoms with E-state index < -0.39 is 34.9 Å². The SMILES string of the molecule is Fc1cc(Oc2c(F)cc(C(F)(F)F)cc2F)c(Br)cc1NCc1cnc(Cl)s1. The lowest BCUT2D eigenvalue weighted by atomic mass is 10.2. The molecule has 3 nitrogen and oxygen atoms in total. The summed E-state index contributed by atoms with van der Waals surface area (Å²) in [6, 6.07) is 2.29. The van der Waals surface area contributed by atoms with Crippen molar-refractivity contribution in [3.63, 3.8) is 0 Å². The molecule has 3 rings (SSSR count). The third-order valence-electron chi connectivity index (χ3n) is 3.54. The number of rotatable bonds is 5. The summed E-state index contributed by atoms with van der Waals surface area (Å²) < 4.78 is 85.5. The second-order valence-corrected chi connectivity index (χ2v) is 8.12. The molecule has 2 aromatic carbocycles. The van der Waals surface area contributed by atoms with Crippen LogP contribution in [-0.2, 0) is 12.7 Å². The Hall–Kier alpha value is -1.98. The minimum Gasteiger partial charge on any atom is -0.450 e. The van der Waals surface area contributed by atoms with Gasteiger partial charge in [-0.05, 0) is 34.1 Å². The number of aromatic nitrogens is 1. The summed E-state index contributed by atoms with van der Waals surface area (Å²) in [5.74, 6) is -5.38. The maximum Gasteiger partial charge on any atom is 0.416 e. The molecule has 1 aromatic heterocycles. The number of hydrogen-bond acceptors (Lipinski definition) is 4. The van der Waals surface area contributed by atoms with Gasteiger partial charge < -0.3 is 10.1 Å². The average Bonchev–Trinajstić information content (AvgIpc) is 3.03. The Morgan fingerprint density at radius 2 is 1.72 bits per heavy atom. The molecule has 29 heavy (non-hydrogen) atoms. The standard InChI is InChI=1S/C17H8BrClF6N2OS/c18-9-3-13(26-5-8-6-27-16(19)29-8)10(20)4-14(9)28-15-11(21)1-7(2-12(15)22)17(23,24)25/h1-4,6,26H,5H2. The van der Waals surface area contributed by atoms with Gasteiger partial charge in [0.05, 0.1) is 22.3 Å². The Labute approximate surface area is 177 Å². The van der Waals surface area contributed by atoms with E-state index in [9.17, 15) is 26.3 Å². The molecule has 0 spiro atoms. The van der Waals surface area contributed by atoms with Gasteiger partial charge in [0, 0.05) is 17.1 Å². The molecule has 0 saturated heterocycles. The molecule has 0 aliphatic carbocycles. The first kappa shape index (κ1) is 21.7. The van der Waals surface area contributed by atoms with Crippen LogP contribution in [0.2, 0.25) is 4.47 Å². The molecule has 3 aromatic rings. The molecular weight excluding hydrogens is 510 g/mol. The lowest BCUT2D eigenvalue weighted by molar-refractivity contribution is -0.138. The van der Waals surface area contributed by atoms with E-state index in [0.717, 1.165) is 10.9 Å². The van der Waals surface area contributed by atoms with E-state index in [2.05, 4.69) is 26.2 Å². The molecule has 0 bridgehead atoms. The average molecular weight is 518 g/mol. The van der Waals surface area contributed by atoms with Gasteiger partial charge in [-0.2, -0.15) is 13.2 Å². The fourth-order valence-electron chi connectivity index (χ4n) is 2.22. The first-order valence-corrected chi connectivity index (χ1v) is 9.60. The summed E-state index contributed by atoms with van der Waals surface area (Å²) in [6.07, 6.45) is -3.41. The van der Waals surface area contributed by atoms with Gasteiger partial charge in [-0.15, -0.1) is 11.3 Å². The highest BCUT2D eigenvalue weighted by atomic mass is 79.9. The zero-order valence-corrected chi connectivity index (χ0v) is 17.0. The van der Waals surface area contributed by atoms with E-state index in [1.54, 1.807) is 0 Å². The number of nitrogens with one attached hydrogen (secondary N) is 1. The second kappa shape index (κ2) is 8.41. The Morgan fingerprint density at radius 1 is 1.07 bits per heavy atom. The Bertz CT molecular complexity index is 1040. The molecule has 0 aliphatic heterocycles. The van der Waals surface area contributed by atoms with E-state index in [1.165, 1.54) is 23.6 Å². The highest BCUT2D eigenvalue weighted by molar-refractivity contribution is 9.10. The van der Waals surface area contributed by atoms with Gasteiger partial charge in [0.2, 0.25) is 0 Å². The van der Waals surface area contributed by atoms with Crippen LogP contribution in [0.3, 0.4) is 0 Å². The van der Waals surface area contributed by atoms with Crippen LogP contribution in [0, 0.1) is 17.5 Å². The monoisotopic (exact) mass is 516 g/mol. The normalized spacial score (nSPS) is 11.6. The summed E-state index contributed by atoms with van der Waals surface area (Å²) in [5, 5.41) is 2.80. The summed E-state index contributed by atoms with van der Waals surface area (Å²) in [5.41, 5.74) is -1.46. The highest BCUT2D eigenvalue weighted by Gasteiger charge is 2.33. The lowest BCUT2D eigenvalue weighted by Crippen LogP contribution is -2.07. The molecule has 12 heteroatoms. The maximum atomic E-state index is 14.3. The van der Waals surface area contributed by atoms with E-state index in [0.29, 0.717) is 4.47 Å². The largest absolute Gasteiger partial charge is 0.450 e. The second-order valence-electron chi connectivity index (χ2n) is 5.56. The Balaban J connectivity index is 1.82. The minimum atomic E-state index is -4.93. The van der Waals surface area contributed by atoms with Gasteiger partial charge in [0.25, 0.3) is 0 Å². The van der Waals surface area contributed by atoms with E-state index in [-0.39, 0.29) is 34.6 Å². The lowest BCUT2D eigenvalue weighted by Gasteiger charge is -2.14. The van der Waals surface area contributed by atoms with Crippen LogP contribution in [0.4, 0.5) is 32.0 Å². The third kappa shape index (κ3) is 5.14. The van der Waals surface area contributed by atoms with E-state index in [4.69, 9.17) is 16.3 Å². The van der Waals surface area contributed by atoms with Crippen molar-refractivity contribution in [2.75, 3.05) is 5.32 Å². The minimum absolute atomic E-state index is 0.0436. The first-order valence-electron chi connectivity index (χ1n) is 7.62. The van der Waals surface area contributed by atoms with Crippen LogP contribution in [0.25, 0.3) is 0 Å². The predicted molar refractivity (Wildman–Crippen MR) is 100.0 cm³/mol. The van der Waals surface area contributed by atoms with Gasteiger partial charge in [-0.25, -0.2) is 18.2 Å². The molecular formula is C17H8BrClF6N2OS. The number of alkyl halides is 3. The number of nitrogens with zero attached hydrogens (tertiary/aromatic N) is 1. The summed E-state index contributed by atoms with van der Waals surface area (Å²) in [4.78, 5) is 4.58. The van der Waals surface area contributed by atoms with Gasteiger partial charge in [-0.3, -0.25) is 0 Å². The van der Waals surface area contributed by atoms with Gasteiger partial charge in [-0.1, -0.05) is 11.6 Å². The van der Waals surface area contributed by atoms with Crippen LogP contribution < -0.4 is 10.1 Å². The molecule has 1 N–H and O–H groups in total. The number of thiazole rings is 1. The van der Waals surface area contributed by atoms with Crippen molar-refractivity contribution in [3.05, 3.63) is 67.3 Å². The van der Waals surface area contributed by atoms with Crippen LogP contribution in [0.5, 0.6) is 11.5 Å². The van der Waals surface area contributed by atoms with Crippen LogP contribution in [0.1, 0.15) is 10.4 Å². The van der Waals surface area contributed by atoms with Crippen molar-refractivity contribution in [2.24, 2.45) is 0 Å².